The molecule has 3 aromatic rings. The number of hydrogen-bond donors (Lipinski definition) is 1. The molecule has 0 spiro atoms. The first-order valence-corrected chi connectivity index (χ1v) is 8.11. The summed E-state index contributed by atoms with van der Waals surface area (Å²) in [5, 5.41) is 14.1. The first-order valence-electron chi connectivity index (χ1n) is 8.11. The van der Waals surface area contributed by atoms with Crippen LogP contribution in [0.1, 0.15) is 30.5 Å². The molecule has 1 aliphatic rings. The van der Waals surface area contributed by atoms with Gasteiger partial charge in [-0.05, 0) is 47.9 Å². The number of aromatic amines is 1. The van der Waals surface area contributed by atoms with Gasteiger partial charge in [0.2, 0.25) is 11.7 Å². The summed E-state index contributed by atoms with van der Waals surface area (Å²) in [5.41, 5.74) is 3.48. The molecular formula is C18H18N6O. The largest absolute Gasteiger partial charge is 0.333 e. The number of aromatic nitrogens is 5. The van der Waals surface area contributed by atoms with E-state index in [-0.39, 0.29) is 5.91 Å². The molecule has 1 aromatic carbocycles. The van der Waals surface area contributed by atoms with Crippen LogP contribution >= 0.6 is 0 Å². The van der Waals surface area contributed by atoms with Gasteiger partial charge in [-0.3, -0.25) is 9.78 Å². The van der Waals surface area contributed by atoms with Crippen LogP contribution < -0.4 is 0 Å². The van der Waals surface area contributed by atoms with Crippen molar-refractivity contribution in [3.63, 3.8) is 0 Å². The van der Waals surface area contributed by atoms with Crippen LogP contribution in [0, 0.1) is 0 Å². The van der Waals surface area contributed by atoms with Crippen molar-refractivity contribution in [2.75, 3.05) is 0 Å². The number of nitrogens with zero attached hydrogens (tertiary/aromatic N) is 5. The zero-order valence-corrected chi connectivity index (χ0v) is 14.1. The monoisotopic (exact) mass is 334 g/mol. The summed E-state index contributed by atoms with van der Waals surface area (Å²) in [5.74, 6) is 0.654. The average Bonchev–Trinajstić information content (AvgIpc) is 3.30. The molecule has 3 heterocycles. The third-order valence-electron chi connectivity index (χ3n) is 4.74. The van der Waals surface area contributed by atoms with Gasteiger partial charge in [0.15, 0.2) is 0 Å². The van der Waals surface area contributed by atoms with Crippen molar-refractivity contribution in [2.24, 2.45) is 0 Å². The van der Waals surface area contributed by atoms with E-state index in [1.54, 1.807) is 12.4 Å². The van der Waals surface area contributed by atoms with Gasteiger partial charge in [0.1, 0.15) is 0 Å². The number of amides is 1. The van der Waals surface area contributed by atoms with Gasteiger partial charge < -0.3 is 4.90 Å². The van der Waals surface area contributed by atoms with Crippen molar-refractivity contribution >= 4 is 5.91 Å². The third kappa shape index (κ3) is 2.67. The van der Waals surface area contributed by atoms with Crippen LogP contribution in [0.4, 0.5) is 0 Å². The van der Waals surface area contributed by atoms with Crippen molar-refractivity contribution in [3.05, 3.63) is 59.4 Å². The second kappa shape index (κ2) is 5.77. The highest BCUT2D eigenvalue weighted by Gasteiger charge is 2.36. The molecular weight excluding hydrogens is 316 g/mol. The molecule has 126 valence electrons. The number of benzene rings is 1. The van der Waals surface area contributed by atoms with Gasteiger partial charge in [-0.1, -0.05) is 18.2 Å². The van der Waals surface area contributed by atoms with E-state index in [1.165, 1.54) is 0 Å². The van der Waals surface area contributed by atoms with E-state index in [1.807, 2.05) is 49.1 Å². The summed E-state index contributed by atoms with van der Waals surface area (Å²) in [6, 6.07) is 9.84. The fraction of sp³-hybridized carbons (Fsp3) is 0.278. The second-order valence-corrected chi connectivity index (χ2v) is 6.75. The van der Waals surface area contributed by atoms with Crippen LogP contribution in [0.2, 0.25) is 0 Å². The molecule has 1 aliphatic heterocycles. The predicted octanol–water partition coefficient (Wildman–Crippen LogP) is 2.08. The molecule has 1 N–H and O–H groups in total. The Morgan fingerprint density at radius 2 is 2.04 bits per heavy atom. The Morgan fingerprint density at radius 3 is 2.76 bits per heavy atom. The molecule has 0 fully saturated rings. The van der Waals surface area contributed by atoms with Gasteiger partial charge >= 0.3 is 0 Å². The van der Waals surface area contributed by atoms with Crippen LogP contribution in [0.3, 0.4) is 0 Å². The molecule has 0 unspecified atom stereocenters. The number of nitrogens with one attached hydrogen (secondary N) is 1. The van der Waals surface area contributed by atoms with E-state index in [0.717, 1.165) is 22.3 Å². The van der Waals surface area contributed by atoms with Crippen molar-refractivity contribution < 1.29 is 4.79 Å². The van der Waals surface area contributed by atoms with Crippen molar-refractivity contribution in [3.8, 4) is 11.4 Å². The number of carbonyl (C=O) groups is 1. The fourth-order valence-corrected chi connectivity index (χ4v) is 3.21. The summed E-state index contributed by atoms with van der Waals surface area (Å²) in [4.78, 5) is 19.1. The Kier molecular flexibility index (Phi) is 3.56. The molecule has 7 heteroatoms. The SMILES string of the molecule is CC(C)(C(=O)N1Cc2ccc(-c3nn[nH]n3)cc2C1)c1cccnc1. The number of pyridine rings is 1. The lowest BCUT2D eigenvalue weighted by atomic mass is 9.84. The Bertz CT molecular complexity index is 905. The summed E-state index contributed by atoms with van der Waals surface area (Å²) in [7, 11) is 0. The fourth-order valence-electron chi connectivity index (χ4n) is 3.21. The van der Waals surface area contributed by atoms with Gasteiger partial charge in [0.25, 0.3) is 0 Å². The van der Waals surface area contributed by atoms with Gasteiger partial charge in [-0.15, -0.1) is 10.2 Å². The maximum atomic E-state index is 13.1. The zero-order chi connectivity index (χ0) is 17.4. The van der Waals surface area contributed by atoms with Crippen LogP contribution in [-0.2, 0) is 23.3 Å². The molecule has 1 amide bonds. The number of tetrazole rings is 1. The standard InChI is InChI=1S/C18H18N6O/c1-18(2,15-4-3-7-19-9-15)17(25)24-10-13-6-5-12(8-14(13)11-24)16-20-22-23-21-16/h3-9H,10-11H2,1-2H3,(H,20,21,22,23). The lowest BCUT2D eigenvalue weighted by Crippen LogP contribution is -2.40. The number of hydrogen-bond acceptors (Lipinski definition) is 5. The summed E-state index contributed by atoms with van der Waals surface area (Å²) in [6.07, 6.45) is 3.48. The van der Waals surface area contributed by atoms with Gasteiger partial charge in [-0.25, -0.2) is 0 Å². The number of carbonyl (C=O) groups excluding carboxylic acids is 1. The highest BCUT2D eigenvalue weighted by atomic mass is 16.2. The van der Waals surface area contributed by atoms with E-state index in [2.05, 4.69) is 25.6 Å². The highest BCUT2D eigenvalue weighted by Crippen LogP contribution is 2.32. The molecule has 0 bridgehead atoms. The Balaban J connectivity index is 1.58. The van der Waals surface area contributed by atoms with E-state index in [9.17, 15) is 4.79 Å². The molecule has 2 aromatic heterocycles. The Hall–Kier alpha value is -3.09. The zero-order valence-electron chi connectivity index (χ0n) is 14.1. The smallest absolute Gasteiger partial charge is 0.233 e. The van der Waals surface area contributed by atoms with Crippen LogP contribution in [0.15, 0.2) is 42.7 Å². The van der Waals surface area contributed by atoms with E-state index in [0.29, 0.717) is 18.9 Å². The van der Waals surface area contributed by atoms with Crippen LogP contribution in [0.5, 0.6) is 0 Å². The maximum Gasteiger partial charge on any atom is 0.233 e. The van der Waals surface area contributed by atoms with Crippen molar-refractivity contribution in [2.45, 2.75) is 32.4 Å². The molecule has 0 saturated carbocycles. The van der Waals surface area contributed by atoms with E-state index < -0.39 is 5.41 Å². The number of fused-ring (bicyclic) bond motifs is 1. The van der Waals surface area contributed by atoms with Crippen LogP contribution in [0.25, 0.3) is 11.4 Å². The van der Waals surface area contributed by atoms with Crippen molar-refractivity contribution in [1.82, 2.24) is 30.5 Å². The minimum atomic E-state index is -0.618. The molecule has 0 atom stereocenters. The Morgan fingerprint density at radius 1 is 1.20 bits per heavy atom. The predicted molar refractivity (Wildman–Crippen MR) is 91.1 cm³/mol. The van der Waals surface area contributed by atoms with Gasteiger partial charge in [0, 0.05) is 31.0 Å². The van der Waals surface area contributed by atoms with Crippen molar-refractivity contribution in [1.29, 1.82) is 0 Å². The van der Waals surface area contributed by atoms with E-state index in [4.69, 9.17) is 0 Å². The van der Waals surface area contributed by atoms with E-state index >= 15 is 0 Å². The minimum Gasteiger partial charge on any atom is -0.333 e. The molecule has 0 aliphatic carbocycles. The maximum absolute atomic E-state index is 13.1. The summed E-state index contributed by atoms with van der Waals surface area (Å²) < 4.78 is 0. The molecule has 25 heavy (non-hydrogen) atoms. The molecule has 0 radical (unpaired) electrons. The lowest BCUT2D eigenvalue weighted by molar-refractivity contribution is -0.136. The lowest BCUT2D eigenvalue weighted by Gasteiger charge is -2.29. The molecule has 0 saturated heterocycles. The molecule has 4 rings (SSSR count). The average molecular weight is 334 g/mol. The quantitative estimate of drug-likeness (QED) is 0.792. The topological polar surface area (TPSA) is 87.7 Å². The summed E-state index contributed by atoms with van der Waals surface area (Å²) in [6.45, 7) is 5.09. The number of rotatable bonds is 3. The third-order valence-corrected chi connectivity index (χ3v) is 4.74. The second-order valence-electron chi connectivity index (χ2n) is 6.75. The summed E-state index contributed by atoms with van der Waals surface area (Å²) >= 11 is 0. The highest BCUT2D eigenvalue weighted by molar-refractivity contribution is 5.87. The first-order chi connectivity index (χ1) is 12.1. The normalized spacial score (nSPS) is 13.8. The van der Waals surface area contributed by atoms with Gasteiger partial charge in [0.05, 0.1) is 5.41 Å². The minimum absolute atomic E-state index is 0.0952. The molecule has 7 nitrogen and oxygen atoms in total. The first kappa shape index (κ1) is 15.4. The van der Waals surface area contributed by atoms with Gasteiger partial charge in [-0.2, -0.15) is 5.21 Å². The Labute approximate surface area is 145 Å². The van der Waals surface area contributed by atoms with Crippen LogP contribution in [-0.4, -0.2) is 36.4 Å². The number of H-pyrrole nitrogens is 1.